The molecule has 0 spiro atoms. The van der Waals surface area contributed by atoms with Crippen LogP contribution >= 0.6 is 35.2 Å². The molecular formula is C32H55N10O17P3S-4. The molecule has 27 nitrogen and oxygen atoms in total. The summed E-state index contributed by atoms with van der Waals surface area (Å²) in [5, 5.41) is 32.8. The Kier molecular flexibility index (Phi) is 20.9. The summed E-state index contributed by atoms with van der Waals surface area (Å²) in [4.78, 5) is 99.0. The van der Waals surface area contributed by atoms with Gasteiger partial charge in [-0.2, -0.15) is 11.8 Å². The van der Waals surface area contributed by atoms with Gasteiger partial charge in [-0.3, -0.25) is 28.1 Å². The summed E-state index contributed by atoms with van der Waals surface area (Å²) in [7, 11) is -13.6. The van der Waals surface area contributed by atoms with Crippen LogP contribution in [0.4, 0.5) is 5.82 Å². The molecule has 360 valence electrons. The topological polar surface area (TPSA) is 402 Å². The highest BCUT2D eigenvalue weighted by Gasteiger charge is 2.55. The predicted molar refractivity (Wildman–Crippen MR) is 216 cm³/mol. The average molecular weight is 977 g/mol. The second-order valence-corrected chi connectivity index (χ2v) is 20.4. The number of anilines is 1. The Morgan fingerprint density at radius 3 is 2.35 bits per heavy atom. The number of rotatable bonds is 29. The first kappa shape index (κ1) is 54.6. The van der Waals surface area contributed by atoms with Crippen LogP contribution in [0.1, 0.15) is 40.0 Å². The first-order chi connectivity index (χ1) is 29.3. The maximum absolute atomic E-state index is 12.6. The number of hydrogen-bond donors (Lipinski definition) is 7. The van der Waals surface area contributed by atoms with Gasteiger partial charge in [-0.15, -0.1) is 0 Å². The van der Waals surface area contributed by atoms with Crippen LogP contribution in [0.5, 0.6) is 0 Å². The van der Waals surface area contributed by atoms with Crippen LogP contribution in [0.15, 0.2) is 12.7 Å². The number of nitrogen functional groups attached to an aromatic ring is 1. The van der Waals surface area contributed by atoms with E-state index in [0.717, 1.165) is 49.7 Å². The number of ether oxygens (including phenoxy) is 1. The van der Waals surface area contributed by atoms with E-state index in [1.165, 1.54) is 32.5 Å². The van der Waals surface area contributed by atoms with Crippen molar-refractivity contribution in [3.8, 4) is 0 Å². The molecule has 63 heavy (non-hydrogen) atoms. The molecule has 1 aliphatic heterocycles. The Bertz CT molecular complexity index is 1980. The zero-order valence-corrected chi connectivity index (χ0v) is 38.7. The highest BCUT2D eigenvalue weighted by molar-refractivity contribution is 7.99. The van der Waals surface area contributed by atoms with Crippen molar-refractivity contribution < 1.29 is 80.5 Å². The minimum absolute atomic E-state index is 0.0328. The van der Waals surface area contributed by atoms with Crippen molar-refractivity contribution in [3.05, 3.63) is 12.7 Å². The third-order valence-electron chi connectivity index (χ3n) is 9.15. The van der Waals surface area contributed by atoms with Crippen LogP contribution in [0.2, 0.25) is 0 Å². The number of thioether (sulfide) groups is 1. The van der Waals surface area contributed by atoms with Gasteiger partial charge in [-0.1, -0.05) is 13.8 Å². The van der Waals surface area contributed by atoms with Gasteiger partial charge in [0.1, 0.15) is 36.3 Å². The number of nitrogens with one attached hydrogen (secondary N) is 4. The van der Waals surface area contributed by atoms with E-state index in [0.29, 0.717) is 12.3 Å². The molecule has 3 rings (SSSR count). The van der Waals surface area contributed by atoms with Gasteiger partial charge < -0.3 is 84.6 Å². The fourth-order valence-corrected chi connectivity index (χ4v) is 9.20. The fourth-order valence-electron chi connectivity index (χ4n) is 5.79. The molecule has 0 aliphatic carbocycles. The van der Waals surface area contributed by atoms with E-state index < -0.39 is 84.1 Å². The molecule has 3 heterocycles. The van der Waals surface area contributed by atoms with Gasteiger partial charge in [0, 0.05) is 37.2 Å². The molecule has 31 heteroatoms. The number of nitrogens with two attached hydrogens (primary N) is 1. The molecule has 1 saturated heterocycles. The summed E-state index contributed by atoms with van der Waals surface area (Å²) in [5.74, 6) is -0.976. The Morgan fingerprint density at radius 2 is 1.67 bits per heavy atom. The molecule has 7 unspecified atom stereocenters. The van der Waals surface area contributed by atoms with E-state index in [4.69, 9.17) is 10.5 Å². The molecule has 1 fully saturated rings. The number of phosphoric acid groups is 3. The minimum atomic E-state index is -5.94. The zero-order valence-electron chi connectivity index (χ0n) is 35.2. The highest BCUT2D eigenvalue weighted by atomic mass is 32.2. The normalized spacial score (nSPS) is 21.8. The number of amides is 3. The first-order valence-electron chi connectivity index (χ1n) is 19.3. The summed E-state index contributed by atoms with van der Waals surface area (Å²) < 4.78 is 61.3. The van der Waals surface area contributed by atoms with Crippen LogP contribution in [0.3, 0.4) is 0 Å². The Morgan fingerprint density at radius 1 is 1.00 bits per heavy atom. The van der Waals surface area contributed by atoms with Gasteiger partial charge >= 0.3 is 0 Å². The monoisotopic (exact) mass is 976 g/mol. The number of phosphoric ester groups is 3. The molecule has 0 aromatic carbocycles. The van der Waals surface area contributed by atoms with Crippen molar-refractivity contribution >= 4 is 69.9 Å². The average Bonchev–Trinajstić information content (AvgIpc) is 3.72. The van der Waals surface area contributed by atoms with Gasteiger partial charge in [-0.05, 0) is 53.5 Å². The quantitative estimate of drug-likeness (QED) is 0.0300. The number of aliphatic hydroxyl groups excluding tert-OH is 2. The molecule has 0 saturated carbocycles. The number of hydrogen-bond acceptors (Lipinski definition) is 24. The van der Waals surface area contributed by atoms with Crippen LogP contribution in [-0.2, 0) is 56.4 Å². The van der Waals surface area contributed by atoms with Crippen LogP contribution < -0.4 is 46.6 Å². The Balaban J connectivity index is 1.39. The number of carbonyl (C=O) groups excluding carboxylic acids is 3. The standard InChI is InChI=1S/C32H59N10O17P3S/c1-31(2,27(46)30(47)37-12-8-22(43)36-13-15-63-17-23(44)35-11-6-9-34-10-7-14-41(4)5)18-56-62(53,54)59-61(51,52)55-16-21-25(58-60(48,49)50)26(45)32(3,57-21)42-20-40-24-28(33)38-19-39-29(24)42/h19-21,25-27,34,45-46H,6-18H2,1-5H3,(H,35,44)(H,36,43)(H,37,47)(H,51,52)(H,53,54)(H2,33,38,39)(H2,48,49,50)/p-4. The molecule has 2 aromatic heterocycles. The van der Waals surface area contributed by atoms with Crippen molar-refractivity contribution in [3.63, 3.8) is 0 Å². The van der Waals surface area contributed by atoms with E-state index in [1.807, 2.05) is 14.1 Å². The zero-order chi connectivity index (χ0) is 47.2. The molecule has 0 bridgehead atoms. The molecule has 8 N–H and O–H groups in total. The number of carbonyl (C=O) groups is 3. The lowest BCUT2D eigenvalue weighted by atomic mass is 9.87. The summed E-state index contributed by atoms with van der Waals surface area (Å²) in [6, 6.07) is 0. The maximum atomic E-state index is 12.6. The third-order valence-corrected chi connectivity index (χ3v) is 13.1. The number of fused-ring (bicyclic) bond motifs is 1. The second-order valence-electron chi connectivity index (χ2n) is 15.2. The van der Waals surface area contributed by atoms with E-state index >= 15 is 0 Å². The summed E-state index contributed by atoms with van der Waals surface area (Å²) >= 11 is 1.33. The predicted octanol–water partition coefficient (Wildman–Crippen LogP) is -4.17. The minimum Gasteiger partial charge on any atom is -0.790 e. The Hall–Kier alpha value is -2.72. The Labute approximate surface area is 367 Å². The summed E-state index contributed by atoms with van der Waals surface area (Å²) in [6.07, 6.45) is -4.23. The van der Waals surface area contributed by atoms with Crippen molar-refractivity contribution in [2.75, 3.05) is 83.8 Å². The molecule has 2 aromatic rings. The summed E-state index contributed by atoms with van der Waals surface area (Å²) in [5.41, 5.74) is 2.03. The largest absolute Gasteiger partial charge is 0.790 e. The second kappa shape index (κ2) is 24.2. The smallest absolute Gasteiger partial charge is 0.274 e. The van der Waals surface area contributed by atoms with Crippen molar-refractivity contribution in [2.24, 2.45) is 5.41 Å². The SMILES string of the molecule is CN(C)CCCNCCCNC(=O)CSCCNC(=O)CCNC(=O)C(O)C(C)(C)COP(=O)([O-])OP(=O)([O-])OCC1OC(C)(n2cnc3c(N)ncnc32)C(O)C1OP(=O)([O-])[O-]. The van der Waals surface area contributed by atoms with E-state index in [1.54, 1.807) is 0 Å². The lowest BCUT2D eigenvalue weighted by Gasteiger charge is -2.36. The van der Waals surface area contributed by atoms with Gasteiger partial charge in [0.15, 0.2) is 17.2 Å². The van der Waals surface area contributed by atoms with E-state index in [-0.39, 0.29) is 48.2 Å². The van der Waals surface area contributed by atoms with Gasteiger partial charge in [0.25, 0.3) is 15.6 Å². The van der Waals surface area contributed by atoms with Crippen molar-refractivity contribution in [1.82, 2.24) is 45.7 Å². The first-order valence-corrected chi connectivity index (χ1v) is 24.9. The van der Waals surface area contributed by atoms with Crippen LogP contribution in [0.25, 0.3) is 11.2 Å². The van der Waals surface area contributed by atoms with Gasteiger partial charge in [0.2, 0.25) is 17.7 Å². The number of imidazole rings is 1. The lowest BCUT2D eigenvalue weighted by molar-refractivity contribution is -0.347. The van der Waals surface area contributed by atoms with Gasteiger partial charge in [-0.25, -0.2) is 19.3 Å². The molecular weight excluding hydrogens is 921 g/mol. The van der Waals surface area contributed by atoms with Gasteiger partial charge in [0.05, 0.1) is 33.1 Å². The van der Waals surface area contributed by atoms with Crippen molar-refractivity contribution in [2.45, 2.75) is 70.2 Å². The van der Waals surface area contributed by atoms with Crippen LogP contribution in [0, 0.1) is 5.41 Å². The molecule has 0 radical (unpaired) electrons. The lowest BCUT2D eigenvalue weighted by Crippen LogP contribution is -2.46. The number of aromatic nitrogens is 4. The summed E-state index contributed by atoms with van der Waals surface area (Å²) in [6.45, 7) is 4.59. The number of aliphatic hydroxyl groups is 2. The van der Waals surface area contributed by atoms with Crippen LogP contribution in [-0.4, -0.2) is 155 Å². The van der Waals surface area contributed by atoms with E-state index in [2.05, 4.69) is 59.0 Å². The highest BCUT2D eigenvalue weighted by Crippen LogP contribution is 2.56. The fraction of sp³-hybridized carbons (Fsp3) is 0.750. The van der Waals surface area contributed by atoms with Crippen molar-refractivity contribution in [1.29, 1.82) is 0 Å². The molecule has 1 aliphatic rings. The third kappa shape index (κ3) is 17.9. The number of nitrogens with zero attached hydrogens (tertiary/aromatic N) is 5. The molecule has 3 amide bonds. The van der Waals surface area contributed by atoms with E-state index in [9.17, 15) is 57.9 Å². The molecule has 7 atom stereocenters. The maximum Gasteiger partial charge on any atom is 0.274 e.